The molecule has 218 valence electrons. The number of alkyl halides is 3. The van der Waals surface area contributed by atoms with Crippen molar-refractivity contribution in [2.24, 2.45) is 0 Å². The first kappa shape index (κ1) is 27.1. The van der Waals surface area contributed by atoms with Gasteiger partial charge in [-0.1, -0.05) is 11.6 Å². The number of H-pyrrole nitrogens is 1. The number of aromatic amines is 1. The standard InChI is InChI=1S/C29H17ClF6N6O/c30-21-2-1-12(31)7-18(21)24-23-22(39-27-17-8-13(32)9-20(29(34,35)36)14(17)3-5-37-27)10-16(19-11-38-41-26(19)33)15-4-6-42(25(15)23)28(43)40-24/h1-3,5,7-11,24H,4,6H2,(H,37,39)(H,38,41)(H,40,43). The fourth-order valence-corrected chi connectivity index (χ4v) is 6.10. The molecule has 2 aliphatic heterocycles. The van der Waals surface area contributed by atoms with Crippen LogP contribution in [0.15, 0.2) is 54.9 Å². The molecule has 2 aromatic heterocycles. The lowest BCUT2D eigenvalue weighted by atomic mass is 9.88. The predicted octanol–water partition coefficient (Wildman–Crippen LogP) is 7.63. The van der Waals surface area contributed by atoms with Crippen molar-refractivity contribution in [3.63, 3.8) is 0 Å². The van der Waals surface area contributed by atoms with Crippen molar-refractivity contribution in [1.29, 1.82) is 0 Å². The summed E-state index contributed by atoms with van der Waals surface area (Å²) in [5.41, 5.74) is 1.04. The number of aromatic nitrogens is 3. The third kappa shape index (κ3) is 4.33. The largest absolute Gasteiger partial charge is 0.417 e. The topological polar surface area (TPSA) is 85.9 Å². The number of carbonyl (C=O) groups is 1. The van der Waals surface area contributed by atoms with E-state index >= 15 is 0 Å². The Morgan fingerprint density at radius 3 is 2.56 bits per heavy atom. The van der Waals surface area contributed by atoms with Crippen LogP contribution in [-0.4, -0.2) is 27.8 Å². The molecule has 0 aliphatic carbocycles. The number of pyridine rings is 1. The van der Waals surface area contributed by atoms with Gasteiger partial charge in [0.25, 0.3) is 0 Å². The Balaban J connectivity index is 1.52. The molecule has 3 aromatic carbocycles. The van der Waals surface area contributed by atoms with Crippen LogP contribution in [0.1, 0.15) is 28.3 Å². The molecular formula is C29H17ClF6N6O. The Kier molecular flexibility index (Phi) is 6.06. The summed E-state index contributed by atoms with van der Waals surface area (Å²) in [6.45, 7) is 0.236. The van der Waals surface area contributed by atoms with Crippen molar-refractivity contribution in [3.8, 4) is 11.1 Å². The Bertz CT molecular complexity index is 1980. The van der Waals surface area contributed by atoms with Gasteiger partial charge in [0.15, 0.2) is 0 Å². The van der Waals surface area contributed by atoms with Crippen LogP contribution in [-0.2, 0) is 12.6 Å². The van der Waals surface area contributed by atoms with Crippen LogP contribution in [0.5, 0.6) is 0 Å². The third-order valence-corrected chi connectivity index (χ3v) is 8.00. The monoisotopic (exact) mass is 614 g/mol. The average Bonchev–Trinajstić information content (AvgIpc) is 3.59. The molecule has 14 heteroatoms. The summed E-state index contributed by atoms with van der Waals surface area (Å²) in [7, 11) is 0. The van der Waals surface area contributed by atoms with Crippen molar-refractivity contribution in [2.75, 3.05) is 16.8 Å². The lowest BCUT2D eigenvalue weighted by Crippen LogP contribution is -2.46. The molecule has 4 heterocycles. The van der Waals surface area contributed by atoms with Gasteiger partial charge in [0.1, 0.15) is 17.5 Å². The number of urea groups is 1. The van der Waals surface area contributed by atoms with Gasteiger partial charge in [0.2, 0.25) is 5.95 Å². The van der Waals surface area contributed by atoms with Crippen molar-refractivity contribution in [2.45, 2.75) is 18.6 Å². The number of hydrogen-bond donors (Lipinski definition) is 3. The van der Waals surface area contributed by atoms with E-state index in [0.29, 0.717) is 34.9 Å². The fourth-order valence-electron chi connectivity index (χ4n) is 5.87. The maximum absolute atomic E-state index is 14.8. The normalized spacial score (nSPS) is 16.0. The molecule has 0 fully saturated rings. The van der Waals surface area contributed by atoms with Crippen molar-refractivity contribution < 1.29 is 31.1 Å². The number of fused-ring (bicyclic) bond motifs is 1. The maximum Gasteiger partial charge on any atom is 0.417 e. The van der Waals surface area contributed by atoms with E-state index in [9.17, 15) is 31.1 Å². The van der Waals surface area contributed by atoms with Crippen LogP contribution in [0.3, 0.4) is 0 Å². The molecule has 0 saturated heterocycles. The molecule has 2 amide bonds. The van der Waals surface area contributed by atoms with E-state index in [1.165, 1.54) is 23.2 Å². The quantitative estimate of drug-likeness (QED) is 0.182. The van der Waals surface area contributed by atoms with Gasteiger partial charge >= 0.3 is 12.2 Å². The summed E-state index contributed by atoms with van der Waals surface area (Å²) < 4.78 is 85.3. The van der Waals surface area contributed by atoms with Gasteiger partial charge in [0.05, 0.1) is 29.1 Å². The highest BCUT2D eigenvalue weighted by atomic mass is 35.5. The SMILES string of the molecule is O=C1NC(c2cc(F)ccc2Cl)c2c(Nc3nccc4c(C(F)(F)F)cc(F)cc34)cc(-c3cn[nH]c3F)c3c2N1CC3. The molecule has 0 saturated carbocycles. The number of halogens is 7. The summed E-state index contributed by atoms with van der Waals surface area (Å²) in [5, 5.41) is 11.5. The van der Waals surface area contributed by atoms with Gasteiger partial charge in [-0.15, -0.1) is 0 Å². The molecule has 3 N–H and O–H groups in total. The van der Waals surface area contributed by atoms with E-state index < -0.39 is 41.4 Å². The smallest absolute Gasteiger partial charge is 0.339 e. The van der Waals surface area contributed by atoms with Crippen LogP contribution in [0, 0.1) is 17.6 Å². The highest BCUT2D eigenvalue weighted by Gasteiger charge is 2.41. The van der Waals surface area contributed by atoms with E-state index in [1.54, 1.807) is 6.07 Å². The molecule has 2 aliphatic rings. The van der Waals surface area contributed by atoms with Crippen LogP contribution in [0.4, 0.5) is 48.3 Å². The van der Waals surface area contributed by atoms with Crippen LogP contribution >= 0.6 is 11.6 Å². The molecule has 7 nitrogen and oxygen atoms in total. The predicted molar refractivity (Wildman–Crippen MR) is 147 cm³/mol. The Morgan fingerprint density at radius 2 is 1.81 bits per heavy atom. The minimum Gasteiger partial charge on any atom is -0.339 e. The Hall–Kier alpha value is -4.78. The van der Waals surface area contributed by atoms with Crippen molar-refractivity contribution in [3.05, 3.63) is 99.7 Å². The lowest BCUT2D eigenvalue weighted by molar-refractivity contribution is -0.136. The number of anilines is 3. The summed E-state index contributed by atoms with van der Waals surface area (Å²) >= 11 is 6.46. The number of nitrogens with one attached hydrogen (secondary N) is 3. The molecule has 0 spiro atoms. The lowest BCUT2D eigenvalue weighted by Gasteiger charge is -2.35. The van der Waals surface area contributed by atoms with E-state index in [-0.39, 0.29) is 45.0 Å². The van der Waals surface area contributed by atoms with E-state index in [1.807, 2.05) is 0 Å². The van der Waals surface area contributed by atoms with Crippen LogP contribution in [0.2, 0.25) is 5.02 Å². The molecular weight excluding hydrogens is 598 g/mol. The van der Waals surface area contributed by atoms with Crippen molar-refractivity contribution >= 4 is 45.6 Å². The molecule has 1 unspecified atom stereocenters. The Morgan fingerprint density at radius 1 is 1.00 bits per heavy atom. The highest BCUT2D eigenvalue weighted by molar-refractivity contribution is 6.31. The third-order valence-electron chi connectivity index (χ3n) is 7.66. The van der Waals surface area contributed by atoms with Crippen LogP contribution in [0.25, 0.3) is 21.9 Å². The summed E-state index contributed by atoms with van der Waals surface area (Å²) in [5.74, 6) is -2.63. The number of hydrogen-bond acceptors (Lipinski definition) is 4. The molecule has 1 atom stereocenters. The van der Waals surface area contributed by atoms with Gasteiger partial charge < -0.3 is 10.6 Å². The van der Waals surface area contributed by atoms with Gasteiger partial charge in [0, 0.05) is 40.0 Å². The first-order chi connectivity index (χ1) is 20.5. The van der Waals surface area contributed by atoms with Gasteiger partial charge in [-0.25, -0.2) is 18.6 Å². The maximum atomic E-state index is 14.8. The zero-order valence-electron chi connectivity index (χ0n) is 21.6. The second-order valence-corrected chi connectivity index (χ2v) is 10.5. The molecule has 0 bridgehead atoms. The zero-order valence-corrected chi connectivity index (χ0v) is 22.3. The summed E-state index contributed by atoms with van der Waals surface area (Å²) in [6.07, 6.45) is -2.10. The minimum atomic E-state index is -4.85. The molecule has 7 rings (SSSR count). The van der Waals surface area contributed by atoms with E-state index in [2.05, 4.69) is 25.8 Å². The fraction of sp³-hybridized carbons (Fsp3) is 0.138. The summed E-state index contributed by atoms with van der Waals surface area (Å²) in [6, 6.07) is 6.12. The van der Waals surface area contributed by atoms with Crippen LogP contribution < -0.4 is 15.5 Å². The average molecular weight is 615 g/mol. The minimum absolute atomic E-state index is 0.0882. The second kappa shape index (κ2) is 9.63. The zero-order chi connectivity index (χ0) is 30.2. The number of rotatable bonds is 4. The first-order valence-electron chi connectivity index (χ1n) is 12.9. The Labute approximate surface area is 243 Å². The number of amides is 2. The number of nitrogens with zero attached hydrogens (tertiary/aromatic N) is 3. The molecule has 43 heavy (non-hydrogen) atoms. The van der Waals surface area contributed by atoms with Crippen molar-refractivity contribution in [1.82, 2.24) is 20.5 Å². The van der Waals surface area contributed by atoms with Gasteiger partial charge in [-0.05, 0) is 65.4 Å². The van der Waals surface area contributed by atoms with Gasteiger partial charge in [-0.3, -0.25) is 10.00 Å². The van der Waals surface area contributed by atoms with E-state index in [4.69, 9.17) is 11.6 Å². The second-order valence-electron chi connectivity index (χ2n) is 10.1. The van der Waals surface area contributed by atoms with E-state index in [0.717, 1.165) is 24.4 Å². The van der Waals surface area contributed by atoms with Gasteiger partial charge in [-0.2, -0.15) is 22.7 Å². The number of benzene rings is 3. The molecule has 0 radical (unpaired) electrons. The summed E-state index contributed by atoms with van der Waals surface area (Å²) in [4.78, 5) is 18.9. The first-order valence-corrected chi connectivity index (χ1v) is 13.2. The number of carbonyl (C=O) groups excluding carboxylic acids is 1. The molecule has 5 aromatic rings. The highest BCUT2D eigenvalue weighted by Crippen LogP contribution is 2.51.